The number of benzene rings is 1. The summed E-state index contributed by atoms with van der Waals surface area (Å²) in [4.78, 5) is 51.7. The van der Waals surface area contributed by atoms with Crippen molar-refractivity contribution in [1.82, 2.24) is 25.3 Å². The molecule has 57 heavy (non-hydrogen) atoms. The van der Waals surface area contributed by atoms with Gasteiger partial charge in [-0.25, -0.2) is 14.2 Å². The number of alkyl halides is 2. The Balaban J connectivity index is 1.38. The predicted molar refractivity (Wildman–Crippen MR) is 215 cm³/mol. The summed E-state index contributed by atoms with van der Waals surface area (Å²) in [5, 5.41) is 5.57. The molecule has 15 heteroatoms. The number of esters is 1. The largest absolute Gasteiger partial charge is 0.464 e. The fraction of sp³-hybridized carbons (Fsp3) is 0.595. The van der Waals surface area contributed by atoms with Crippen LogP contribution in [0.25, 0.3) is 22.2 Å². The van der Waals surface area contributed by atoms with Crippen molar-refractivity contribution in [3.63, 3.8) is 0 Å². The Kier molecular flexibility index (Phi) is 12.1. The number of aromatic nitrogens is 2. The van der Waals surface area contributed by atoms with Gasteiger partial charge in [-0.2, -0.15) is 0 Å². The van der Waals surface area contributed by atoms with Crippen LogP contribution in [0.4, 0.5) is 8.78 Å². The van der Waals surface area contributed by atoms with Gasteiger partial charge in [-0.3, -0.25) is 29.4 Å². The van der Waals surface area contributed by atoms with E-state index in [1.165, 1.54) is 16.8 Å². The van der Waals surface area contributed by atoms with Gasteiger partial charge in [-0.1, -0.05) is 33.8 Å². The predicted octanol–water partition coefficient (Wildman–Crippen LogP) is 6.28. The Morgan fingerprint density at radius 1 is 1.19 bits per heavy atom. The number of hydrogen-bond acceptors (Lipinski definition) is 10. The van der Waals surface area contributed by atoms with Crippen LogP contribution in [0.15, 0.2) is 41.5 Å². The Morgan fingerprint density at radius 3 is 2.67 bits per heavy atom. The maximum atomic E-state index is 14.5. The van der Waals surface area contributed by atoms with E-state index in [4.69, 9.17) is 24.2 Å². The number of ether oxygens (including phenoxy) is 3. The monoisotopic (exact) mass is 808 g/mol. The van der Waals surface area contributed by atoms with Gasteiger partial charge in [-0.05, 0) is 80.3 Å². The van der Waals surface area contributed by atoms with E-state index in [1.807, 2.05) is 32.9 Å². The molecule has 2 fully saturated rings. The molecule has 2 amide bonds. The molecule has 7 rings (SSSR count). The highest BCUT2D eigenvalue weighted by molar-refractivity contribution is 8.14. The van der Waals surface area contributed by atoms with Crippen molar-refractivity contribution < 1.29 is 37.4 Å². The summed E-state index contributed by atoms with van der Waals surface area (Å²) < 4.78 is 47.7. The summed E-state index contributed by atoms with van der Waals surface area (Å²) in [6, 6.07) is 7.68. The molecule has 0 spiro atoms. The number of hydrogen-bond donors (Lipinski definition) is 2. The normalized spacial score (nSPS) is 28.2. The third kappa shape index (κ3) is 8.35. The van der Waals surface area contributed by atoms with Gasteiger partial charge >= 0.3 is 5.97 Å². The number of hydrazine groups is 1. The van der Waals surface area contributed by atoms with Gasteiger partial charge in [0.15, 0.2) is 0 Å². The second-order valence-corrected chi connectivity index (χ2v) is 17.6. The Bertz CT molecular complexity index is 2030. The van der Waals surface area contributed by atoms with Crippen molar-refractivity contribution >= 4 is 45.5 Å². The summed E-state index contributed by atoms with van der Waals surface area (Å²) >= 11 is 1.34. The van der Waals surface area contributed by atoms with Gasteiger partial charge in [0.05, 0.1) is 30.1 Å². The standard InChI is InChI=1S/C42H54F2N6O6S/c1-8-49-31-14-13-25-17-27(31)28(36(49)26-11-9-15-45-34(26)24(4)54-7)18-42(5,6)21-56-41(53)29-12-10-16-50(48-29)40(52)35(47-38(51)33-22(2)23(33)3)37(55-19-32(43)44)39-46-30(25)20-57-39/h9,11,13-15,17,22-24,29-30,32-33,35,37,48H,8,10,12,16,18-21H2,1-7H3,(H,47,51)/t22-,23+,24-,29-,30?,33?,35-,37-/m0/s1. The van der Waals surface area contributed by atoms with Crippen LogP contribution in [0.3, 0.4) is 0 Å². The van der Waals surface area contributed by atoms with E-state index < -0.39 is 48.5 Å². The first kappa shape index (κ1) is 41.2. The third-order valence-electron chi connectivity index (χ3n) is 12.0. The summed E-state index contributed by atoms with van der Waals surface area (Å²) in [6.45, 7) is 12.2. The summed E-state index contributed by atoms with van der Waals surface area (Å²) in [5.74, 6) is -1.07. The molecule has 3 aliphatic heterocycles. The lowest BCUT2D eigenvalue weighted by Gasteiger charge is -2.37. The quantitative estimate of drug-likeness (QED) is 0.240. The minimum Gasteiger partial charge on any atom is -0.464 e. The van der Waals surface area contributed by atoms with Crippen LogP contribution in [0.1, 0.15) is 83.4 Å². The number of fused-ring (bicyclic) bond motifs is 5. The molecule has 12 nitrogen and oxygen atoms in total. The number of nitrogens with one attached hydrogen (secondary N) is 2. The molecule has 2 N–H and O–H groups in total. The van der Waals surface area contributed by atoms with Crippen molar-refractivity contribution in [2.24, 2.45) is 28.2 Å². The number of pyridine rings is 1. The number of methoxy groups -OCH3 is 1. The number of amides is 2. The van der Waals surface area contributed by atoms with E-state index in [0.29, 0.717) is 36.6 Å². The van der Waals surface area contributed by atoms with Crippen LogP contribution in [-0.4, -0.2) is 94.6 Å². The highest BCUT2D eigenvalue weighted by atomic mass is 32.2. The molecule has 0 radical (unpaired) electrons. The molecule has 1 aliphatic carbocycles. The van der Waals surface area contributed by atoms with Crippen molar-refractivity contribution in [3.05, 3.63) is 53.3 Å². The first-order chi connectivity index (χ1) is 27.2. The van der Waals surface area contributed by atoms with E-state index in [1.54, 1.807) is 13.3 Å². The molecular formula is C42H54F2N6O6S. The zero-order valence-corrected chi connectivity index (χ0v) is 34.5. The number of aryl methyl sites for hydroxylation is 1. The summed E-state index contributed by atoms with van der Waals surface area (Å²) in [5.41, 5.74) is 8.30. The molecular weight excluding hydrogens is 755 g/mol. The number of aliphatic imine (C=N–C) groups is 1. The first-order valence-corrected chi connectivity index (χ1v) is 21.0. The molecule has 4 aliphatic rings. The number of halogens is 2. The van der Waals surface area contributed by atoms with Gasteiger partial charge < -0.3 is 24.1 Å². The van der Waals surface area contributed by atoms with E-state index in [0.717, 1.165) is 39.0 Å². The van der Waals surface area contributed by atoms with Crippen LogP contribution in [0, 0.1) is 23.2 Å². The maximum absolute atomic E-state index is 14.5. The van der Waals surface area contributed by atoms with Gasteiger partial charge in [-0.15, -0.1) is 11.8 Å². The minimum absolute atomic E-state index is 0.106. The second kappa shape index (κ2) is 16.7. The zero-order valence-electron chi connectivity index (χ0n) is 33.7. The van der Waals surface area contributed by atoms with Crippen LogP contribution < -0.4 is 10.7 Å². The molecule has 1 saturated carbocycles. The Labute approximate surface area is 336 Å². The smallest absolute Gasteiger partial charge is 0.324 e. The van der Waals surface area contributed by atoms with Crippen molar-refractivity contribution in [1.29, 1.82) is 0 Å². The van der Waals surface area contributed by atoms with Crippen LogP contribution in [0.2, 0.25) is 0 Å². The average molecular weight is 809 g/mol. The van der Waals surface area contributed by atoms with Crippen molar-refractivity contribution in [2.45, 2.75) is 104 Å². The fourth-order valence-electron chi connectivity index (χ4n) is 8.56. The van der Waals surface area contributed by atoms with E-state index in [-0.39, 0.29) is 49.0 Å². The molecule has 6 bridgehead atoms. The fourth-order valence-corrected chi connectivity index (χ4v) is 9.73. The highest BCUT2D eigenvalue weighted by Crippen LogP contribution is 2.46. The van der Waals surface area contributed by atoms with Gasteiger partial charge in [0.2, 0.25) is 5.91 Å². The van der Waals surface area contributed by atoms with E-state index in [2.05, 4.69) is 54.3 Å². The van der Waals surface area contributed by atoms with Gasteiger partial charge in [0.25, 0.3) is 12.3 Å². The molecule has 3 aromatic rings. The van der Waals surface area contributed by atoms with Crippen molar-refractivity contribution in [3.8, 4) is 11.3 Å². The third-order valence-corrected chi connectivity index (χ3v) is 13.1. The number of carbonyl (C=O) groups excluding carboxylic acids is 3. The van der Waals surface area contributed by atoms with Gasteiger partial charge in [0.1, 0.15) is 29.8 Å². The molecule has 5 heterocycles. The van der Waals surface area contributed by atoms with Crippen molar-refractivity contribution in [2.75, 3.05) is 32.6 Å². The lowest BCUT2D eigenvalue weighted by atomic mass is 9.84. The molecule has 2 aromatic heterocycles. The Hall–Kier alpha value is -3.92. The van der Waals surface area contributed by atoms with Crippen LogP contribution in [0.5, 0.6) is 0 Å². The SMILES string of the molecule is CCn1c(-c2cccnc2[C@H](C)OC)c2c3cc(ccc31)C1CSC(=N1)[C@@H](OCC(F)F)[C@H](NC(=O)C1[C@@H](C)[C@H]1C)C(=O)N1CCC[C@H](N1)C(=O)OCC(C)(C)C2. The number of rotatable bonds is 9. The minimum atomic E-state index is -2.82. The second-order valence-electron chi connectivity index (χ2n) is 16.6. The van der Waals surface area contributed by atoms with Crippen LogP contribution in [-0.2, 0) is 41.6 Å². The number of thioether (sulfide) groups is 1. The number of cyclic esters (lactones) is 1. The zero-order chi connectivity index (χ0) is 40.8. The highest BCUT2D eigenvalue weighted by Gasteiger charge is 2.50. The Morgan fingerprint density at radius 2 is 1.96 bits per heavy atom. The lowest BCUT2D eigenvalue weighted by Crippen LogP contribution is -2.63. The molecule has 1 aromatic carbocycles. The first-order valence-electron chi connectivity index (χ1n) is 20.0. The van der Waals surface area contributed by atoms with Crippen LogP contribution >= 0.6 is 11.8 Å². The van der Waals surface area contributed by atoms with E-state index >= 15 is 0 Å². The number of carbonyl (C=O) groups is 3. The maximum Gasteiger partial charge on any atom is 0.324 e. The van der Waals surface area contributed by atoms with E-state index in [9.17, 15) is 23.2 Å². The molecule has 1 saturated heterocycles. The molecule has 2 unspecified atom stereocenters. The van der Waals surface area contributed by atoms with Gasteiger partial charge in [0, 0.05) is 59.9 Å². The number of nitrogens with zero attached hydrogens (tertiary/aromatic N) is 4. The summed E-state index contributed by atoms with van der Waals surface area (Å²) in [6.07, 6.45) is -1.16. The lowest BCUT2D eigenvalue weighted by molar-refractivity contribution is -0.156. The topological polar surface area (TPSA) is 136 Å². The average Bonchev–Trinajstić information content (AvgIpc) is 3.49. The molecule has 308 valence electrons. The summed E-state index contributed by atoms with van der Waals surface area (Å²) in [7, 11) is 1.67. The molecule has 8 atom stereocenters.